The average Bonchev–Trinajstić information content (AvgIpc) is 3.04. The first-order valence-electron chi connectivity index (χ1n) is 11.0. The van der Waals surface area contributed by atoms with Crippen LogP contribution < -0.4 is 10.5 Å². The predicted molar refractivity (Wildman–Crippen MR) is 132 cm³/mol. The summed E-state index contributed by atoms with van der Waals surface area (Å²) in [4.78, 5) is 35.8. The van der Waals surface area contributed by atoms with Gasteiger partial charge in [-0.2, -0.15) is 0 Å². The third-order valence-electron chi connectivity index (χ3n) is 5.85. The van der Waals surface area contributed by atoms with Crippen LogP contribution in [0.2, 0.25) is 0 Å². The van der Waals surface area contributed by atoms with E-state index in [0.29, 0.717) is 32.8 Å². The number of carbonyl (C=O) groups is 1. The zero-order valence-electron chi connectivity index (χ0n) is 18.1. The number of thiocarbonyl (C=S) groups is 1. The molecule has 0 spiro atoms. The van der Waals surface area contributed by atoms with E-state index < -0.39 is 0 Å². The molecule has 0 aliphatic carbocycles. The maximum Gasteiger partial charge on any atom is 0.267 e. The third kappa shape index (κ3) is 4.41. The highest BCUT2D eigenvalue weighted by atomic mass is 32.2. The summed E-state index contributed by atoms with van der Waals surface area (Å²) in [5.74, 6) is 0.569. The molecule has 0 bridgehead atoms. The Morgan fingerprint density at radius 2 is 1.97 bits per heavy atom. The lowest BCUT2D eigenvalue weighted by Gasteiger charge is -2.29. The molecule has 8 heteroatoms. The molecular formula is C23H28N4O2S2. The first-order valence-corrected chi connectivity index (χ1v) is 12.3. The highest BCUT2D eigenvalue weighted by Crippen LogP contribution is 2.34. The summed E-state index contributed by atoms with van der Waals surface area (Å²) in [5, 5.41) is 0. The quantitative estimate of drug-likeness (QED) is 0.365. The molecule has 0 aromatic carbocycles. The van der Waals surface area contributed by atoms with Gasteiger partial charge >= 0.3 is 0 Å². The predicted octanol–water partition coefficient (Wildman–Crippen LogP) is 4.38. The van der Waals surface area contributed by atoms with Crippen molar-refractivity contribution < 1.29 is 4.79 Å². The van der Waals surface area contributed by atoms with Crippen LogP contribution in [0.1, 0.15) is 56.6 Å². The van der Waals surface area contributed by atoms with Crippen LogP contribution in [-0.2, 0) is 4.79 Å². The lowest BCUT2D eigenvalue weighted by molar-refractivity contribution is -0.122. The van der Waals surface area contributed by atoms with Gasteiger partial charge < -0.3 is 4.90 Å². The summed E-state index contributed by atoms with van der Waals surface area (Å²) in [5.41, 5.74) is 1.94. The Labute approximate surface area is 192 Å². The molecule has 2 saturated heterocycles. The molecule has 2 aromatic rings. The number of pyridine rings is 1. The number of aromatic nitrogens is 2. The Hall–Kier alpha value is -2.19. The number of piperidine rings is 1. The fourth-order valence-electron chi connectivity index (χ4n) is 4.12. The zero-order chi connectivity index (χ0) is 22.0. The molecule has 1 amide bonds. The van der Waals surface area contributed by atoms with Crippen LogP contribution in [0.3, 0.4) is 0 Å². The van der Waals surface area contributed by atoms with E-state index in [1.54, 1.807) is 21.6 Å². The number of hydrogen-bond acceptors (Lipinski definition) is 6. The second-order valence-electron chi connectivity index (χ2n) is 8.13. The number of unbranched alkanes of at least 4 members (excludes halogenated alkanes) is 2. The number of fused-ring (bicyclic) bond motifs is 1. The van der Waals surface area contributed by atoms with E-state index in [1.807, 2.05) is 19.1 Å². The molecular weight excluding hydrogens is 428 g/mol. The van der Waals surface area contributed by atoms with E-state index in [9.17, 15) is 9.59 Å². The fourth-order valence-corrected chi connectivity index (χ4v) is 5.41. The Bertz CT molecular complexity index is 1100. The minimum atomic E-state index is -0.148. The lowest BCUT2D eigenvalue weighted by Crippen LogP contribution is -2.34. The van der Waals surface area contributed by atoms with Gasteiger partial charge in [0.2, 0.25) is 0 Å². The number of amides is 1. The molecule has 2 aliphatic rings. The highest BCUT2D eigenvalue weighted by Gasteiger charge is 2.32. The van der Waals surface area contributed by atoms with E-state index in [-0.39, 0.29) is 11.5 Å². The summed E-state index contributed by atoms with van der Waals surface area (Å²) in [6, 6.07) is 3.81. The molecule has 6 nitrogen and oxygen atoms in total. The van der Waals surface area contributed by atoms with Crippen LogP contribution in [0.15, 0.2) is 28.0 Å². The number of aryl methyl sites for hydroxylation is 1. The standard InChI is InChI=1S/C23H28N4O2S2/c1-3-4-6-13-27-22(29)18(31-23(27)30)15-17-20(25-11-7-5-8-12-25)24-19-16(2)10-9-14-26(19)21(17)28/h9-10,14-15H,3-8,11-13H2,1-2H3/b18-15+. The highest BCUT2D eigenvalue weighted by molar-refractivity contribution is 8.26. The van der Waals surface area contributed by atoms with Gasteiger partial charge in [0.05, 0.1) is 10.5 Å². The van der Waals surface area contributed by atoms with Gasteiger partial charge in [0, 0.05) is 25.8 Å². The van der Waals surface area contributed by atoms with Gasteiger partial charge in [0.15, 0.2) is 0 Å². The third-order valence-corrected chi connectivity index (χ3v) is 7.23. The molecule has 31 heavy (non-hydrogen) atoms. The van der Waals surface area contributed by atoms with Gasteiger partial charge in [-0.1, -0.05) is 49.8 Å². The van der Waals surface area contributed by atoms with Crippen LogP contribution in [0.4, 0.5) is 5.82 Å². The molecule has 2 aliphatic heterocycles. The average molecular weight is 457 g/mol. The maximum absolute atomic E-state index is 13.5. The molecule has 2 aromatic heterocycles. The van der Waals surface area contributed by atoms with E-state index in [0.717, 1.165) is 50.8 Å². The maximum atomic E-state index is 13.5. The Balaban J connectivity index is 1.79. The zero-order valence-corrected chi connectivity index (χ0v) is 19.7. The summed E-state index contributed by atoms with van der Waals surface area (Å²) < 4.78 is 2.15. The van der Waals surface area contributed by atoms with Crippen molar-refractivity contribution in [3.05, 3.63) is 44.7 Å². The van der Waals surface area contributed by atoms with Crippen LogP contribution in [-0.4, -0.2) is 44.1 Å². The van der Waals surface area contributed by atoms with Gasteiger partial charge in [-0.05, 0) is 50.3 Å². The number of rotatable bonds is 6. The summed E-state index contributed by atoms with van der Waals surface area (Å²) in [6.45, 7) is 6.46. The number of nitrogens with zero attached hydrogens (tertiary/aromatic N) is 4. The molecule has 2 fully saturated rings. The van der Waals surface area contributed by atoms with Crippen molar-refractivity contribution in [2.24, 2.45) is 0 Å². The van der Waals surface area contributed by atoms with Crippen molar-refractivity contribution in [3.8, 4) is 0 Å². The van der Waals surface area contributed by atoms with Crippen molar-refractivity contribution in [2.75, 3.05) is 24.5 Å². The Morgan fingerprint density at radius 3 is 2.71 bits per heavy atom. The van der Waals surface area contributed by atoms with Crippen LogP contribution in [0.25, 0.3) is 11.7 Å². The SMILES string of the molecule is CCCCCN1C(=O)/C(=C\c2c(N3CCCCC3)nc3c(C)cccn3c2=O)SC1=S. The second kappa shape index (κ2) is 9.53. The monoisotopic (exact) mass is 456 g/mol. The van der Waals surface area contributed by atoms with Crippen molar-refractivity contribution >= 4 is 51.7 Å². The van der Waals surface area contributed by atoms with E-state index >= 15 is 0 Å². The first-order chi connectivity index (χ1) is 15.0. The van der Waals surface area contributed by atoms with Crippen LogP contribution in [0, 0.1) is 6.92 Å². The Kier molecular flexibility index (Phi) is 6.77. The fraction of sp³-hybridized carbons (Fsp3) is 0.478. The molecule has 0 atom stereocenters. The van der Waals surface area contributed by atoms with Crippen molar-refractivity contribution in [1.82, 2.24) is 14.3 Å². The van der Waals surface area contributed by atoms with E-state index in [1.165, 1.54) is 18.2 Å². The van der Waals surface area contributed by atoms with Crippen molar-refractivity contribution in [3.63, 3.8) is 0 Å². The summed E-state index contributed by atoms with van der Waals surface area (Å²) in [7, 11) is 0. The number of anilines is 1. The minimum absolute atomic E-state index is 0.107. The van der Waals surface area contributed by atoms with Gasteiger partial charge in [-0.3, -0.25) is 18.9 Å². The molecule has 0 N–H and O–H groups in total. The summed E-state index contributed by atoms with van der Waals surface area (Å²) >= 11 is 6.74. The van der Waals surface area contributed by atoms with E-state index in [2.05, 4.69) is 11.8 Å². The minimum Gasteiger partial charge on any atom is -0.356 e. The number of carbonyl (C=O) groups excluding carboxylic acids is 1. The lowest BCUT2D eigenvalue weighted by atomic mass is 10.1. The number of thioether (sulfide) groups is 1. The largest absolute Gasteiger partial charge is 0.356 e. The molecule has 164 valence electrons. The second-order valence-corrected chi connectivity index (χ2v) is 9.80. The van der Waals surface area contributed by atoms with Gasteiger partial charge in [-0.25, -0.2) is 4.98 Å². The Morgan fingerprint density at radius 1 is 1.19 bits per heavy atom. The topological polar surface area (TPSA) is 57.9 Å². The van der Waals surface area contributed by atoms with E-state index in [4.69, 9.17) is 17.2 Å². The molecule has 0 radical (unpaired) electrons. The first kappa shape index (κ1) is 22.0. The van der Waals surface area contributed by atoms with Crippen molar-refractivity contribution in [2.45, 2.75) is 52.4 Å². The molecule has 0 saturated carbocycles. The summed E-state index contributed by atoms with van der Waals surface area (Å²) in [6.07, 6.45) is 9.87. The molecule has 4 rings (SSSR count). The van der Waals surface area contributed by atoms with Gasteiger partial charge in [-0.15, -0.1) is 0 Å². The van der Waals surface area contributed by atoms with Crippen LogP contribution in [0.5, 0.6) is 0 Å². The molecule has 4 heterocycles. The smallest absolute Gasteiger partial charge is 0.267 e. The normalized spacial score (nSPS) is 18.6. The number of hydrogen-bond donors (Lipinski definition) is 0. The molecule has 0 unspecified atom stereocenters. The van der Waals surface area contributed by atoms with Crippen LogP contribution >= 0.6 is 24.0 Å². The van der Waals surface area contributed by atoms with Gasteiger partial charge in [0.1, 0.15) is 15.8 Å². The van der Waals surface area contributed by atoms with Gasteiger partial charge in [0.25, 0.3) is 11.5 Å². The van der Waals surface area contributed by atoms with Crippen molar-refractivity contribution in [1.29, 1.82) is 0 Å².